The molecule has 0 aliphatic carbocycles. The summed E-state index contributed by atoms with van der Waals surface area (Å²) >= 11 is 0. The number of hydrogen-bond acceptors (Lipinski definition) is 12. The second kappa shape index (κ2) is 29.9. The summed E-state index contributed by atoms with van der Waals surface area (Å²) in [6.07, 6.45) is -10.6. The van der Waals surface area contributed by atoms with Crippen molar-refractivity contribution in [2.45, 2.75) is 12.4 Å². The van der Waals surface area contributed by atoms with Crippen LogP contribution in [0.15, 0.2) is 346 Å². The van der Waals surface area contributed by atoms with Gasteiger partial charge in [0.05, 0.1) is 51.1 Å². The molecule has 0 aliphatic rings. The normalized spacial score (nSPS) is 11.7. The van der Waals surface area contributed by atoms with Crippen molar-refractivity contribution in [2.24, 2.45) is 0 Å². The smallest absolute Gasteiger partial charge is 0.308 e. The van der Waals surface area contributed by atoms with Crippen molar-refractivity contribution in [3.8, 4) is 159 Å². The van der Waals surface area contributed by atoms with Gasteiger partial charge in [-0.15, -0.1) is 0 Å². The fourth-order valence-corrected chi connectivity index (χ4v) is 15.3. The molecule has 6 heterocycles. The molecule has 0 amide bonds. The second-order valence-electron chi connectivity index (χ2n) is 28.5. The molecular formula is C99H57F6N15. The molecule has 0 spiro atoms. The quantitative estimate of drug-likeness (QED) is 0.0704. The summed E-state index contributed by atoms with van der Waals surface area (Å²) in [6, 6.07) is 104. The number of aromatic nitrogens is 14. The molecular weight excluding hydrogens is 1510 g/mol. The van der Waals surface area contributed by atoms with Gasteiger partial charge >= 0.3 is 12.4 Å². The molecule has 14 aromatic carbocycles. The molecule has 0 saturated carbocycles. The highest BCUT2D eigenvalue weighted by Crippen LogP contribution is 2.49. The Balaban J connectivity index is 0.936. The summed E-state index contributed by atoms with van der Waals surface area (Å²) in [5, 5.41) is 2.58. The maximum Gasteiger partial charge on any atom is 0.416 e. The van der Waals surface area contributed by atoms with Crippen LogP contribution in [0.2, 0.25) is 0 Å². The van der Waals surface area contributed by atoms with Crippen LogP contribution in [-0.4, -0.2) is 68.9 Å². The van der Waals surface area contributed by atoms with Crippen LogP contribution in [0.25, 0.3) is 208 Å². The Morgan fingerprint density at radius 3 is 0.658 bits per heavy atom. The Hall–Kier alpha value is -16.2. The molecule has 0 fully saturated rings. The lowest BCUT2D eigenvalue weighted by Crippen LogP contribution is -2.12. The summed E-state index contributed by atoms with van der Waals surface area (Å²) in [7, 11) is 0. The maximum absolute atomic E-state index is 16.3. The third-order valence-corrected chi connectivity index (χ3v) is 21.0. The first kappa shape index (κ1) is 72.7. The number of alkyl halides is 6. The van der Waals surface area contributed by atoms with E-state index in [-0.39, 0.29) is 52.0 Å². The van der Waals surface area contributed by atoms with Gasteiger partial charge in [-0.1, -0.05) is 297 Å². The van der Waals surface area contributed by atoms with Gasteiger partial charge in [-0.2, -0.15) is 26.3 Å². The average Bonchev–Trinajstić information content (AvgIpc) is 1.59. The van der Waals surface area contributed by atoms with E-state index in [4.69, 9.17) is 59.8 Å². The molecule has 0 unspecified atom stereocenters. The van der Waals surface area contributed by atoms with E-state index in [1.165, 1.54) is 12.1 Å². The third-order valence-electron chi connectivity index (χ3n) is 21.0. The van der Waals surface area contributed by atoms with Gasteiger partial charge in [0.15, 0.2) is 75.6 Å². The van der Waals surface area contributed by atoms with E-state index in [2.05, 4.69) is 4.85 Å². The standard InChI is InChI=1S/C99H57F6N15/c1-106-79-58-85(120-82-54-69(96-115-90(63-34-18-6-19-35-63)109-91(116-96)64-36-20-7-21-37-64)44-49-75(82)76-50-45-70(55-83(76)120)97-117-92(65-38-22-8-23-39-65)110-93(118-97)66-40-24-9-25-41-66)84(57-77(79)72-51-46-71(98(100,101)102)56-78(72)99(103,104)105)119-80-52-67(94-111-86(59-26-10-2-11-27-59)107-87(112-94)60-28-12-3-13-29-60)42-47-73(80)74-48-43-68(53-81(74)119)95-113-88(61-30-14-4-15-31-61)108-89(114-95)62-32-16-5-17-33-62/h2-58H. The van der Waals surface area contributed by atoms with Gasteiger partial charge < -0.3 is 9.13 Å². The molecule has 20 rings (SSSR count). The van der Waals surface area contributed by atoms with E-state index in [0.29, 0.717) is 163 Å². The molecule has 120 heavy (non-hydrogen) atoms. The second-order valence-corrected chi connectivity index (χ2v) is 28.5. The predicted molar refractivity (Wildman–Crippen MR) is 456 cm³/mol. The van der Waals surface area contributed by atoms with Crippen molar-refractivity contribution < 1.29 is 26.3 Å². The summed E-state index contributed by atoms with van der Waals surface area (Å²) in [5.41, 5.74) is 5.34. The number of halogens is 6. The van der Waals surface area contributed by atoms with E-state index in [1.54, 1.807) is 0 Å². The third kappa shape index (κ3) is 13.7. The van der Waals surface area contributed by atoms with Gasteiger partial charge in [-0.05, 0) is 59.7 Å². The lowest BCUT2D eigenvalue weighted by molar-refractivity contribution is -0.142. The lowest BCUT2D eigenvalue weighted by atomic mass is 9.94. The van der Waals surface area contributed by atoms with Gasteiger partial charge in [0, 0.05) is 88.3 Å². The van der Waals surface area contributed by atoms with E-state index in [0.717, 1.165) is 6.07 Å². The molecule has 0 atom stereocenters. The van der Waals surface area contributed by atoms with Gasteiger partial charge in [-0.3, -0.25) is 0 Å². The van der Waals surface area contributed by atoms with Crippen LogP contribution in [0.5, 0.6) is 0 Å². The van der Waals surface area contributed by atoms with Crippen molar-refractivity contribution in [2.75, 3.05) is 0 Å². The highest BCUT2D eigenvalue weighted by atomic mass is 19.4. The molecule has 20 aromatic rings. The van der Waals surface area contributed by atoms with Crippen molar-refractivity contribution in [3.05, 3.63) is 368 Å². The van der Waals surface area contributed by atoms with Crippen LogP contribution < -0.4 is 0 Å². The van der Waals surface area contributed by atoms with Crippen LogP contribution in [0, 0.1) is 6.57 Å². The zero-order chi connectivity index (χ0) is 81.2. The van der Waals surface area contributed by atoms with Crippen molar-refractivity contribution >= 4 is 49.3 Å². The topological polar surface area (TPSA) is 169 Å². The van der Waals surface area contributed by atoms with Crippen molar-refractivity contribution in [1.82, 2.24) is 68.9 Å². The van der Waals surface area contributed by atoms with Crippen LogP contribution in [0.3, 0.4) is 0 Å². The fraction of sp³-hybridized carbons (Fsp3) is 0.0202. The molecule has 0 aliphatic heterocycles. The minimum atomic E-state index is -5.40. The van der Waals surface area contributed by atoms with Crippen LogP contribution in [0.4, 0.5) is 32.0 Å². The van der Waals surface area contributed by atoms with E-state index in [1.807, 2.05) is 325 Å². The Kier molecular flexibility index (Phi) is 18.1. The number of benzene rings is 14. The number of rotatable bonds is 15. The van der Waals surface area contributed by atoms with Crippen LogP contribution >= 0.6 is 0 Å². The fourth-order valence-electron chi connectivity index (χ4n) is 15.3. The molecule has 0 radical (unpaired) electrons. The number of hydrogen-bond donors (Lipinski definition) is 0. The minimum absolute atomic E-state index is 0.0943. The molecule has 0 N–H and O–H groups in total. The average molecular weight is 1570 g/mol. The monoisotopic (exact) mass is 1570 g/mol. The van der Waals surface area contributed by atoms with E-state index >= 15 is 13.2 Å². The molecule has 0 saturated heterocycles. The summed E-state index contributed by atoms with van der Waals surface area (Å²) in [4.78, 5) is 65.8. The number of fused-ring (bicyclic) bond motifs is 6. The number of nitrogens with zero attached hydrogens (tertiary/aromatic N) is 15. The highest BCUT2D eigenvalue weighted by molar-refractivity contribution is 6.14. The molecule has 6 aromatic heterocycles. The summed E-state index contributed by atoms with van der Waals surface area (Å²) in [6.45, 7) is 9.24. The van der Waals surface area contributed by atoms with Gasteiger partial charge in [0.25, 0.3) is 0 Å². The molecule has 21 heteroatoms. The first-order valence-corrected chi connectivity index (χ1v) is 38.2. The van der Waals surface area contributed by atoms with Gasteiger partial charge in [-0.25, -0.2) is 64.7 Å². The Morgan fingerprint density at radius 1 is 0.217 bits per heavy atom. The SMILES string of the molecule is [C-]#[N+]c1cc(-n2c3cc(-c4nc(-c5ccccc5)nc(-c5ccccc5)n4)ccc3c3ccc(-c4nc(-c5ccccc5)nc(-c5ccccc5)n4)cc32)c(-n2c3cc(-c4nc(-c5ccccc5)nc(-c5ccccc5)n4)ccc3c3ccc(-c4nc(-c5ccccc5)nc(-c5ccccc5)n4)cc32)cc1-c1ccc(C(F)(F)F)cc1C(F)(F)F. The highest BCUT2D eigenvalue weighted by Gasteiger charge is 2.40. The predicted octanol–water partition coefficient (Wildman–Crippen LogP) is 24.9. The zero-order valence-corrected chi connectivity index (χ0v) is 62.9. The molecule has 15 nitrogen and oxygen atoms in total. The molecule has 0 bridgehead atoms. The Morgan fingerprint density at radius 2 is 0.442 bits per heavy atom. The lowest BCUT2D eigenvalue weighted by Gasteiger charge is -2.22. The maximum atomic E-state index is 16.3. The zero-order valence-electron chi connectivity index (χ0n) is 62.9. The Labute approximate surface area is 680 Å². The first-order valence-electron chi connectivity index (χ1n) is 38.2. The van der Waals surface area contributed by atoms with Crippen molar-refractivity contribution in [1.29, 1.82) is 0 Å². The van der Waals surface area contributed by atoms with E-state index in [9.17, 15) is 19.7 Å². The van der Waals surface area contributed by atoms with Gasteiger partial charge in [0.2, 0.25) is 0 Å². The molecule has 570 valence electrons. The largest absolute Gasteiger partial charge is 0.416 e. The van der Waals surface area contributed by atoms with Crippen LogP contribution in [0.1, 0.15) is 11.1 Å². The van der Waals surface area contributed by atoms with Crippen LogP contribution in [-0.2, 0) is 12.4 Å². The summed E-state index contributed by atoms with van der Waals surface area (Å²) < 4.78 is 97.6. The Bertz CT molecular complexity index is 6820. The van der Waals surface area contributed by atoms with Crippen molar-refractivity contribution in [3.63, 3.8) is 0 Å². The van der Waals surface area contributed by atoms with E-state index < -0.39 is 29.0 Å². The first-order chi connectivity index (χ1) is 58.7. The van der Waals surface area contributed by atoms with Gasteiger partial charge in [0.1, 0.15) is 0 Å². The summed E-state index contributed by atoms with van der Waals surface area (Å²) in [5.74, 6) is 4.07. The minimum Gasteiger partial charge on any atom is -0.308 e.